The number of aromatic nitrogens is 2. The van der Waals surface area contributed by atoms with Crippen LogP contribution < -0.4 is 10.6 Å². The van der Waals surface area contributed by atoms with Gasteiger partial charge in [-0.15, -0.1) is 11.3 Å². The summed E-state index contributed by atoms with van der Waals surface area (Å²) >= 11 is 1.87. The summed E-state index contributed by atoms with van der Waals surface area (Å²) in [6.45, 7) is 4.27. The normalized spacial score (nSPS) is 12.9. The lowest BCUT2D eigenvalue weighted by Crippen LogP contribution is -2.27. The van der Waals surface area contributed by atoms with Crippen molar-refractivity contribution in [3.05, 3.63) is 144 Å². The molecule has 3 aromatic heterocycles. The molecule has 0 atom stereocenters. The van der Waals surface area contributed by atoms with Crippen LogP contribution in [0.1, 0.15) is 13.8 Å². The fraction of sp³-hybridized carbons (Fsp3) is 0.0476. The summed E-state index contributed by atoms with van der Waals surface area (Å²) in [5.74, 6) is 0. The zero-order chi connectivity index (χ0) is 30.1. The van der Waals surface area contributed by atoms with E-state index in [0.29, 0.717) is 0 Å². The fourth-order valence-electron chi connectivity index (χ4n) is 7.24. The van der Waals surface area contributed by atoms with Gasteiger partial charge in [0.25, 0.3) is 0 Å². The van der Waals surface area contributed by atoms with E-state index in [0.717, 1.165) is 0 Å². The third-order valence-corrected chi connectivity index (χ3v) is 10.4. The van der Waals surface area contributed by atoms with Crippen LogP contribution in [0.5, 0.6) is 0 Å². The number of para-hydroxylation sites is 2. The van der Waals surface area contributed by atoms with Crippen LogP contribution in [0.2, 0.25) is 0 Å². The van der Waals surface area contributed by atoms with E-state index in [-0.39, 0.29) is 0 Å². The van der Waals surface area contributed by atoms with Crippen LogP contribution in [0, 0.1) is 0 Å². The van der Waals surface area contributed by atoms with E-state index in [1.807, 2.05) is 11.3 Å². The Morgan fingerprint density at radius 2 is 1.09 bits per heavy atom. The van der Waals surface area contributed by atoms with Crippen molar-refractivity contribution in [2.75, 3.05) is 0 Å². The zero-order valence-corrected chi connectivity index (χ0v) is 26.0. The largest absolute Gasteiger partial charge is 0.310 e. The summed E-state index contributed by atoms with van der Waals surface area (Å²) in [5, 5.41) is 8.95. The summed E-state index contributed by atoms with van der Waals surface area (Å²) in [6, 6.07) is 49.0. The summed E-state index contributed by atoms with van der Waals surface area (Å²) in [7, 11) is 0. The van der Waals surface area contributed by atoms with Gasteiger partial charge in [0.1, 0.15) is 0 Å². The van der Waals surface area contributed by atoms with Crippen molar-refractivity contribution in [2.24, 2.45) is 0 Å². The number of thiophene rings is 1. The Morgan fingerprint density at radius 1 is 0.444 bits per heavy atom. The molecule has 0 radical (unpaired) electrons. The van der Waals surface area contributed by atoms with Gasteiger partial charge in [0, 0.05) is 58.3 Å². The lowest BCUT2D eigenvalue weighted by molar-refractivity contribution is 1.07. The van der Waals surface area contributed by atoms with Crippen molar-refractivity contribution in [3.63, 3.8) is 0 Å². The highest BCUT2D eigenvalue weighted by Gasteiger charge is 2.16. The molecule has 3 heterocycles. The van der Waals surface area contributed by atoms with Crippen LogP contribution in [0.15, 0.2) is 133 Å². The minimum Gasteiger partial charge on any atom is -0.310 e. The Morgan fingerprint density at radius 3 is 1.87 bits per heavy atom. The summed E-state index contributed by atoms with van der Waals surface area (Å²) < 4.78 is 7.46. The van der Waals surface area contributed by atoms with Crippen LogP contribution in [-0.4, -0.2) is 9.13 Å². The molecular weight excluding hydrogens is 565 g/mol. The molecule has 0 N–H and O–H groups in total. The first-order valence-electron chi connectivity index (χ1n) is 15.5. The predicted octanol–water partition coefficient (Wildman–Crippen LogP) is 10.4. The number of benzene rings is 6. The van der Waals surface area contributed by atoms with E-state index in [1.165, 1.54) is 86.0 Å². The van der Waals surface area contributed by atoms with E-state index < -0.39 is 0 Å². The van der Waals surface area contributed by atoms with Gasteiger partial charge in [-0.1, -0.05) is 78.9 Å². The van der Waals surface area contributed by atoms with Crippen LogP contribution in [-0.2, 0) is 0 Å². The van der Waals surface area contributed by atoms with E-state index in [9.17, 15) is 0 Å². The Bertz CT molecular complexity index is 2720. The molecule has 0 unspecified atom stereocenters. The van der Waals surface area contributed by atoms with Crippen molar-refractivity contribution in [2.45, 2.75) is 13.8 Å². The predicted molar refractivity (Wildman–Crippen MR) is 195 cm³/mol. The Labute approximate surface area is 265 Å². The van der Waals surface area contributed by atoms with Gasteiger partial charge in [0.05, 0.1) is 16.6 Å². The molecule has 0 amide bonds. The molecule has 0 aliphatic rings. The average molecular weight is 595 g/mol. The molecular formula is C42H30N2S. The van der Waals surface area contributed by atoms with Gasteiger partial charge in [-0.05, 0) is 91.7 Å². The quantitative estimate of drug-likeness (QED) is 0.193. The van der Waals surface area contributed by atoms with E-state index in [1.54, 1.807) is 0 Å². The summed E-state index contributed by atoms with van der Waals surface area (Å²) in [6.07, 6.45) is 4.46. The van der Waals surface area contributed by atoms with Gasteiger partial charge in [0.2, 0.25) is 0 Å². The molecule has 2 nitrogen and oxygen atoms in total. The number of nitrogens with zero attached hydrogens (tertiary/aromatic N) is 2. The van der Waals surface area contributed by atoms with Gasteiger partial charge < -0.3 is 9.13 Å². The van der Waals surface area contributed by atoms with E-state index in [2.05, 4.69) is 169 Å². The van der Waals surface area contributed by atoms with Gasteiger partial charge in [-0.25, -0.2) is 0 Å². The van der Waals surface area contributed by atoms with Crippen molar-refractivity contribution in [3.8, 4) is 22.5 Å². The van der Waals surface area contributed by atoms with Crippen molar-refractivity contribution in [1.82, 2.24) is 9.13 Å². The highest BCUT2D eigenvalue weighted by molar-refractivity contribution is 7.25. The molecule has 0 aliphatic heterocycles. The Kier molecular flexibility index (Phi) is 5.84. The second-order valence-corrected chi connectivity index (χ2v) is 12.7. The van der Waals surface area contributed by atoms with Crippen LogP contribution >= 0.6 is 11.3 Å². The van der Waals surface area contributed by atoms with Gasteiger partial charge in [0.15, 0.2) is 0 Å². The van der Waals surface area contributed by atoms with Crippen LogP contribution in [0.3, 0.4) is 0 Å². The maximum absolute atomic E-state index is 2.43. The van der Waals surface area contributed by atoms with Crippen LogP contribution in [0.4, 0.5) is 0 Å². The number of fused-ring (bicyclic) bond motifs is 7. The summed E-state index contributed by atoms with van der Waals surface area (Å²) in [4.78, 5) is 0. The summed E-state index contributed by atoms with van der Waals surface area (Å²) in [5.41, 5.74) is 8.50. The minimum absolute atomic E-state index is 1.18. The average Bonchev–Trinajstić information content (AvgIpc) is 3.74. The molecule has 214 valence electrons. The SMILES string of the molecule is C/C=c1\c(=C/C)n(-c2ccccc2)c2ccc(-c3ccc4c(c3)c3ccccc3n4-c3ccc4sc5ccccc5c4c3)cc12. The third-order valence-electron chi connectivity index (χ3n) is 9.25. The molecule has 0 spiro atoms. The lowest BCUT2D eigenvalue weighted by Gasteiger charge is -2.09. The maximum Gasteiger partial charge on any atom is 0.0541 e. The molecule has 0 bridgehead atoms. The fourth-order valence-corrected chi connectivity index (χ4v) is 8.33. The molecule has 0 aliphatic carbocycles. The topological polar surface area (TPSA) is 9.86 Å². The molecule has 45 heavy (non-hydrogen) atoms. The first-order chi connectivity index (χ1) is 22.2. The highest BCUT2D eigenvalue weighted by atomic mass is 32.1. The van der Waals surface area contributed by atoms with Gasteiger partial charge in [-0.3, -0.25) is 0 Å². The smallest absolute Gasteiger partial charge is 0.0541 e. The standard InChI is InChI=1S/C42H30N2S/c1-3-31-34-24-27(18-21-39(34)43(37(31)4-2)29-12-6-5-7-13-29)28-19-22-40-35(25-28)32-14-8-10-16-38(32)44(40)30-20-23-42-36(26-30)33-15-9-11-17-41(33)45-42/h3-26H,1-2H3/b31-3-,37-4+. The molecule has 6 aromatic carbocycles. The monoisotopic (exact) mass is 594 g/mol. The van der Waals surface area contributed by atoms with Gasteiger partial charge in [-0.2, -0.15) is 0 Å². The van der Waals surface area contributed by atoms with Crippen molar-refractivity contribution >= 4 is 76.4 Å². The van der Waals surface area contributed by atoms with Crippen LogP contribution in [0.25, 0.3) is 87.5 Å². The lowest BCUT2D eigenvalue weighted by atomic mass is 10.0. The molecule has 0 fully saturated rings. The number of hydrogen-bond donors (Lipinski definition) is 0. The highest BCUT2D eigenvalue weighted by Crippen LogP contribution is 2.39. The Hall–Kier alpha value is -5.38. The van der Waals surface area contributed by atoms with Crippen molar-refractivity contribution in [1.29, 1.82) is 0 Å². The molecule has 0 saturated heterocycles. The van der Waals surface area contributed by atoms with Crippen molar-refractivity contribution < 1.29 is 0 Å². The van der Waals surface area contributed by atoms with E-state index >= 15 is 0 Å². The minimum atomic E-state index is 1.18. The molecule has 9 aromatic rings. The second kappa shape index (κ2) is 10.1. The molecule has 9 rings (SSSR count). The van der Waals surface area contributed by atoms with Gasteiger partial charge >= 0.3 is 0 Å². The molecule has 3 heteroatoms. The first kappa shape index (κ1) is 26.1. The number of hydrogen-bond acceptors (Lipinski definition) is 1. The second-order valence-electron chi connectivity index (χ2n) is 11.6. The Balaban J connectivity index is 1.25. The maximum atomic E-state index is 2.43. The molecule has 0 saturated carbocycles. The van der Waals surface area contributed by atoms with E-state index in [4.69, 9.17) is 0 Å². The zero-order valence-electron chi connectivity index (χ0n) is 25.2. The third kappa shape index (κ3) is 3.87. The number of rotatable bonds is 3. The first-order valence-corrected chi connectivity index (χ1v) is 16.3.